The molecule has 1 fully saturated rings. The molecule has 1 amide bonds. The van der Waals surface area contributed by atoms with Gasteiger partial charge in [-0.15, -0.1) is 0 Å². The summed E-state index contributed by atoms with van der Waals surface area (Å²) in [7, 11) is 0. The molecule has 0 radical (unpaired) electrons. The second-order valence-corrected chi connectivity index (χ2v) is 8.43. The zero-order valence-corrected chi connectivity index (χ0v) is 18.6. The van der Waals surface area contributed by atoms with Crippen LogP contribution in [-0.4, -0.2) is 41.5 Å². The Morgan fingerprint density at radius 2 is 2.12 bits per heavy atom. The first-order valence-corrected chi connectivity index (χ1v) is 11.1. The Morgan fingerprint density at radius 3 is 2.79 bits per heavy atom. The molecule has 0 bridgehead atoms. The highest BCUT2D eigenvalue weighted by Crippen LogP contribution is 2.50. The minimum absolute atomic E-state index is 0.00665. The largest absolute Gasteiger partial charge is 0.462 e. The molecule has 3 N–H and O–H groups in total. The average molecular weight is 477 g/mol. The van der Waals surface area contributed by atoms with Gasteiger partial charge in [-0.2, -0.15) is 0 Å². The van der Waals surface area contributed by atoms with Gasteiger partial charge in [-0.3, -0.25) is 4.79 Å². The summed E-state index contributed by atoms with van der Waals surface area (Å²) in [5.74, 6) is -1.69. The Kier molecular flexibility index (Phi) is 6.90. The van der Waals surface area contributed by atoms with Crippen molar-refractivity contribution in [2.24, 2.45) is 22.6 Å². The minimum atomic E-state index is -1.57. The summed E-state index contributed by atoms with van der Waals surface area (Å²) in [5.41, 5.74) is 4.51. The van der Waals surface area contributed by atoms with Gasteiger partial charge in [-0.25, -0.2) is 28.1 Å². The lowest BCUT2D eigenvalue weighted by Crippen LogP contribution is -2.55. The molecule has 1 aliphatic heterocycles. The van der Waals surface area contributed by atoms with Crippen molar-refractivity contribution in [3.8, 4) is 5.88 Å². The number of ether oxygens (including phenoxy) is 2. The maximum absolute atomic E-state index is 15.2. The third-order valence-electron chi connectivity index (χ3n) is 6.59. The van der Waals surface area contributed by atoms with E-state index in [1.165, 1.54) is 12.1 Å². The van der Waals surface area contributed by atoms with Gasteiger partial charge in [0.25, 0.3) is 11.9 Å². The number of rotatable bonds is 7. The van der Waals surface area contributed by atoms with Gasteiger partial charge < -0.3 is 20.5 Å². The monoisotopic (exact) mass is 477 g/mol. The Labute approximate surface area is 194 Å². The summed E-state index contributed by atoms with van der Waals surface area (Å²) in [5, 5.41) is 2.61. The number of amides is 1. The second-order valence-electron chi connectivity index (χ2n) is 8.43. The van der Waals surface area contributed by atoms with E-state index in [9.17, 15) is 13.6 Å². The smallest absolute Gasteiger partial charge is 0.283 e. The molecule has 1 aromatic carbocycles. The fourth-order valence-electron chi connectivity index (χ4n) is 5.11. The normalized spacial score (nSPS) is 26.1. The van der Waals surface area contributed by atoms with E-state index in [1.807, 2.05) is 6.92 Å². The van der Waals surface area contributed by atoms with Gasteiger partial charge in [-0.1, -0.05) is 13.3 Å². The number of aromatic nitrogens is 2. The highest BCUT2D eigenvalue weighted by Gasteiger charge is 2.54. The van der Waals surface area contributed by atoms with Crippen molar-refractivity contribution in [2.75, 3.05) is 18.9 Å². The summed E-state index contributed by atoms with van der Waals surface area (Å²) < 4.78 is 52.6. The van der Waals surface area contributed by atoms with Crippen LogP contribution in [0.5, 0.6) is 5.88 Å². The topological polar surface area (TPSA) is 112 Å². The van der Waals surface area contributed by atoms with Crippen LogP contribution in [0.3, 0.4) is 0 Å². The maximum Gasteiger partial charge on any atom is 0.283 e. The molecular formula is C23H26F3N5O3. The number of carbonyl (C=O) groups excluding carboxylic acids is 1. The van der Waals surface area contributed by atoms with E-state index in [0.29, 0.717) is 6.42 Å². The highest BCUT2D eigenvalue weighted by molar-refractivity contribution is 6.02. The zero-order valence-electron chi connectivity index (χ0n) is 18.6. The summed E-state index contributed by atoms with van der Waals surface area (Å²) in [6.07, 6.45) is 5.07. The number of anilines is 1. The third-order valence-corrected chi connectivity index (χ3v) is 6.59. The number of amidine groups is 1. The number of aliphatic imine (C=N–C) groups is 1. The summed E-state index contributed by atoms with van der Waals surface area (Å²) in [6.45, 7) is -0.0338. The van der Waals surface area contributed by atoms with Crippen molar-refractivity contribution in [3.05, 3.63) is 47.7 Å². The van der Waals surface area contributed by atoms with Crippen molar-refractivity contribution in [1.82, 2.24) is 9.97 Å². The van der Waals surface area contributed by atoms with Gasteiger partial charge in [0.05, 0.1) is 12.4 Å². The molecule has 2 heterocycles. The molecule has 182 valence electrons. The standard InChI is InChI=1S/C23H26F3N5O3/c1-2-13-4-3-5-18-20(13)23(11-24,31-22(27)34-18)15-8-14(6-7-16(15)26)30-21(32)17-9-29-19(10-28-17)33-12-25/h6-10,13,18,20H,2-5,11-12H2,1H3,(H2,27,31)(H,30,32)/t13-,18-,20+,23-/m1/s1. The molecule has 0 saturated heterocycles. The zero-order chi connectivity index (χ0) is 24.3. The van der Waals surface area contributed by atoms with Crippen LogP contribution in [0.25, 0.3) is 0 Å². The van der Waals surface area contributed by atoms with E-state index in [0.717, 1.165) is 37.7 Å². The van der Waals surface area contributed by atoms with Crippen LogP contribution in [0, 0.1) is 17.7 Å². The van der Waals surface area contributed by atoms with Crippen molar-refractivity contribution in [2.45, 2.75) is 44.2 Å². The summed E-state index contributed by atoms with van der Waals surface area (Å²) in [6, 6.07) is 3.72. The van der Waals surface area contributed by atoms with Gasteiger partial charge in [0.1, 0.15) is 29.8 Å². The first-order chi connectivity index (χ1) is 16.4. The van der Waals surface area contributed by atoms with Gasteiger partial charge in [0.2, 0.25) is 12.7 Å². The van der Waals surface area contributed by atoms with E-state index in [2.05, 4.69) is 25.0 Å². The molecule has 8 nitrogen and oxygen atoms in total. The lowest BCUT2D eigenvalue weighted by atomic mass is 9.63. The molecule has 11 heteroatoms. The molecule has 4 rings (SSSR count). The van der Waals surface area contributed by atoms with Crippen LogP contribution in [-0.2, 0) is 10.3 Å². The van der Waals surface area contributed by atoms with Crippen LogP contribution in [0.4, 0.5) is 18.9 Å². The third kappa shape index (κ3) is 4.38. The number of benzene rings is 1. The molecule has 0 spiro atoms. The van der Waals surface area contributed by atoms with Crippen LogP contribution in [0.2, 0.25) is 0 Å². The predicted octanol–water partition coefficient (Wildman–Crippen LogP) is 3.88. The fourth-order valence-corrected chi connectivity index (χ4v) is 5.11. The van der Waals surface area contributed by atoms with Gasteiger partial charge >= 0.3 is 0 Å². The molecule has 1 saturated carbocycles. The van der Waals surface area contributed by atoms with E-state index < -0.39 is 36.7 Å². The fraction of sp³-hybridized carbons (Fsp3) is 0.478. The van der Waals surface area contributed by atoms with Crippen LogP contribution >= 0.6 is 0 Å². The summed E-state index contributed by atoms with van der Waals surface area (Å²) >= 11 is 0. The lowest BCUT2D eigenvalue weighted by Gasteiger charge is -2.49. The molecule has 2 aliphatic rings. The Hall–Kier alpha value is -3.37. The van der Waals surface area contributed by atoms with Crippen LogP contribution in [0.15, 0.2) is 35.6 Å². The Morgan fingerprint density at radius 1 is 1.29 bits per heavy atom. The number of nitrogens with two attached hydrogens (primary N) is 1. The Bertz CT molecular complexity index is 1070. The first-order valence-electron chi connectivity index (χ1n) is 11.1. The maximum atomic E-state index is 15.2. The summed E-state index contributed by atoms with van der Waals surface area (Å²) in [4.78, 5) is 24.6. The van der Waals surface area contributed by atoms with Crippen LogP contribution in [0.1, 0.15) is 48.7 Å². The number of fused-ring (bicyclic) bond motifs is 1. The number of nitrogens with zero attached hydrogens (tertiary/aromatic N) is 3. The molecule has 34 heavy (non-hydrogen) atoms. The SMILES string of the molecule is CC[C@@H]1CCC[C@H]2OC(N)=N[C@](CF)(c3cc(NC(=O)c4cnc(OCF)cn4)ccc3F)[C@@H]12. The molecule has 4 atom stereocenters. The van der Waals surface area contributed by atoms with Gasteiger partial charge in [0, 0.05) is 17.2 Å². The van der Waals surface area contributed by atoms with Crippen molar-refractivity contribution >= 4 is 17.6 Å². The number of hydrogen-bond donors (Lipinski definition) is 2. The predicted molar refractivity (Wildman–Crippen MR) is 118 cm³/mol. The quantitative estimate of drug-likeness (QED) is 0.626. The van der Waals surface area contributed by atoms with E-state index >= 15 is 4.39 Å². The number of nitrogens with one attached hydrogen (secondary N) is 1. The van der Waals surface area contributed by atoms with Gasteiger partial charge in [0.15, 0.2) is 0 Å². The van der Waals surface area contributed by atoms with Crippen molar-refractivity contribution < 1.29 is 27.4 Å². The number of halogens is 3. The number of carbonyl (C=O) groups is 1. The van der Waals surface area contributed by atoms with Crippen molar-refractivity contribution in [1.29, 1.82) is 0 Å². The first kappa shape index (κ1) is 23.8. The second kappa shape index (κ2) is 9.86. The van der Waals surface area contributed by atoms with E-state index in [4.69, 9.17) is 10.5 Å². The van der Waals surface area contributed by atoms with Crippen molar-refractivity contribution in [3.63, 3.8) is 0 Å². The Balaban J connectivity index is 1.68. The lowest BCUT2D eigenvalue weighted by molar-refractivity contribution is -0.0365. The molecule has 2 aromatic rings. The van der Waals surface area contributed by atoms with Gasteiger partial charge in [-0.05, 0) is 43.4 Å². The minimum Gasteiger partial charge on any atom is -0.462 e. The number of alkyl halides is 2. The highest BCUT2D eigenvalue weighted by atomic mass is 19.1. The van der Waals surface area contributed by atoms with E-state index in [-0.39, 0.29) is 40.9 Å². The molecule has 1 aliphatic carbocycles. The van der Waals surface area contributed by atoms with Crippen LogP contribution < -0.4 is 15.8 Å². The average Bonchev–Trinajstić information content (AvgIpc) is 2.84. The van der Waals surface area contributed by atoms with E-state index in [1.54, 1.807) is 0 Å². The molecular weight excluding hydrogens is 451 g/mol. The molecule has 1 aromatic heterocycles. The number of hydrogen-bond acceptors (Lipinski definition) is 7. The molecule has 0 unspecified atom stereocenters.